The van der Waals surface area contributed by atoms with Crippen molar-refractivity contribution in [3.05, 3.63) is 102 Å². The molecule has 0 aliphatic carbocycles. The topological polar surface area (TPSA) is 80.9 Å². The Bertz CT molecular complexity index is 1090. The van der Waals surface area contributed by atoms with Gasteiger partial charge in [-0.05, 0) is 30.2 Å². The molecule has 1 N–H and O–H groups in total. The lowest BCUT2D eigenvalue weighted by molar-refractivity contribution is -0.121. The lowest BCUT2D eigenvalue weighted by Gasteiger charge is -2.20. The molecular formula is C24H22N4O2. The van der Waals surface area contributed by atoms with Gasteiger partial charge in [0, 0.05) is 30.8 Å². The minimum atomic E-state index is -0.215. The van der Waals surface area contributed by atoms with Gasteiger partial charge < -0.3 is 9.84 Å². The molecule has 0 aliphatic heterocycles. The monoisotopic (exact) mass is 398 g/mol. The number of carbonyl (C=O) groups excluding carboxylic acids is 1. The van der Waals surface area contributed by atoms with Crippen LogP contribution in [-0.2, 0) is 11.2 Å². The van der Waals surface area contributed by atoms with E-state index in [2.05, 4.69) is 32.6 Å². The van der Waals surface area contributed by atoms with Gasteiger partial charge in [-0.2, -0.15) is 4.98 Å². The number of aromatic nitrogens is 3. The van der Waals surface area contributed by atoms with Crippen molar-refractivity contribution >= 4 is 5.91 Å². The summed E-state index contributed by atoms with van der Waals surface area (Å²) in [6.07, 6.45) is 3.98. The molecule has 4 aromatic rings. The fourth-order valence-corrected chi connectivity index (χ4v) is 3.19. The Hall–Kier alpha value is -3.80. The molecule has 1 unspecified atom stereocenters. The van der Waals surface area contributed by atoms with Gasteiger partial charge in [0.15, 0.2) is 0 Å². The summed E-state index contributed by atoms with van der Waals surface area (Å²) in [5, 5.41) is 7.11. The smallest absolute Gasteiger partial charge is 0.227 e. The van der Waals surface area contributed by atoms with Crippen molar-refractivity contribution in [1.29, 1.82) is 0 Å². The third-order valence-corrected chi connectivity index (χ3v) is 4.80. The fraction of sp³-hybridized carbons (Fsp3) is 0.167. The molecular weight excluding hydrogens is 376 g/mol. The average molecular weight is 398 g/mol. The second-order valence-corrected chi connectivity index (χ2v) is 7.08. The van der Waals surface area contributed by atoms with Crippen LogP contribution < -0.4 is 5.32 Å². The first-order chi connectivity index (χ1) is 14.7. The normalized spacial score (nSPS) is 11.8. The molecule has 6 nitrogen and oxygen atoms in total. The molecule has 1 atom stereocenters. The molecule has 0 saturated heterocycles. The summed E-state index contributed by atoms with van der Waals surface area (Å²) in [6, 6.07) is 21.6. The number of aryl methyl sites for hydroxylation is 2. The first-order valence-corrected chi connectivity index (χ1v) is 9.83. The zero-order chi connectivity index (χ0) is 20.8. The zero-order valence-electron chi connectivity index (χ0n) is 16.7. The van der Waals surface area contributed by atoms with Gasteiger partial charge in [-0.3, -0.25) is 9.78 Å². The lowest BCUT2D eigenvalue weighted by Crippen LogP contribution is -2.29. The van der Waals surface area contributed by atoms with Crippen LogP contribution in [0.15, 0.2) is 83.6 Å². The number of hydrogen-bond acceptors (Lipinski definition) is 5. The van der Waals surface area contributed by atoms with Crippen LogP contribution in [0.25, 0.3) is 11.4 Å². The van der Waals surface area contributed by atoms with E-state index < -0.39 is 0 Å². The molecule has 0 spiro atoms. The Morgan fingerprint density at radius 2 is 1.77 bits per heavy atom. The first kappa shape index (κ1) is 19.5. The Morgan fingerprint density at radius 1 is 1.00 bits per heavy atom. The summed E-state index contributed by atoms with van der Waals surface area (Å²) in [4.78, 5) is 21.1. The van der Waals surface area contributed by atoms with E-state index in [1.165, 1.54) is 5.56 Å². The Labute approximate surface area is 175 Å². The third-order valence-electron chi connectivity index (χ3n) is 4.80. The van der Waals surface area contributed by atoms with Crippen molar-refractivity contribution in [3.8, 4) is 11.4 Å². The molecule has 0 radical (unpaired) electrons. The fourth-order valence-electron chi connectivity index (χ4n) is 3.19. The van der Waals surface area contributed by atoms with E-state index in [-0.39, 0.29) is 18.4 Å². The molecule has 2 aromatic heterocycles. The highest BCUT2D eigenvalue weighted by Gasteiger charge is 2.18. The maximum absolute atomic E-state index is 12.7. The zero-order valence-corrected chi connectivity index (χ0v) is 16.7. The van der Waals surface area contributed by atoms with E-state index in [0.717, 1.165) is 16.7 Å². The summed E-state index contributed by atoms with van der Waals surface area (Å²) >= 11 is 0. The number of rotatable bonds is 7. The van der Waals surface area contributed by atoms with Crippen molar-refractivity contribution in [2.24, 2.45) is 0 Å². The van der Waals surface area contributed by atoms with Gasteiger partial charge in [-0.1, -0.05) is 65.3 Å². The van der Waals surface area contributed by atoms with E-state index >= 15 is 0 Å². The maximum Gasteiger partial charge on any atom is 0.227 e. The van der Waals surface area contributed by atoms with E-state index in [0.29, 0.717) is 18.1 Å². The predicted octanol–water partition coefficient (Wildman–Crippen LogP) is 4.28. The molecule has 2 heterocycles. The lowest BCUT2D eigenvalue weighted by atomic mass is 9.97. The molecule has 0 bridgehead atoms. The third kappa shape index (κ3) is 4.78. The minimum absolute atomic E-state index is 0.0782. The van der Waals surface area contributed by atoms with Gasteiger partial charge in [0.25, 0.3) is 0 Å². The number of amides is 1. The van der Waals surface area contributed by atoms with Gasteiger partial charge in [-0.15, -0.1) is 0 Å². The van der Waals surface area contributed by atoms with Crippen LogP contribution in [0.3, 0.4) is 0 Å². The van der Waals surface area contributed by atoms with Gasteiger partial charge in [-0.25, -0.2) is 0 Å². The van der Waals surface area contributed by atoms with Crippen LogP contribution >= 0.6 is 0 Å². The molecule has 0 saturated carbocycles. The van der Waals surface area contributed by atoms with Crippen LogP contribution in [-0.4, -0.2) is 21.0 Å². The van der Waals surface area contributed by atoms with Crippen molar-refractivity contribution in [2.75, 3.05) is 0 Å². The SMILES string of the molecule is Cc1ccc(C(NC(=O)CCc2nc(-c3cccnc3)no2)c2ccccc2)cc1. The van der Waals surface area contributed by atoms with Crippen LogP contribution in [0, 0.1) is 6.92 Å². The van der Waals surface area contributed by atoms with Gasteiger partial charge >= 0.3 is 0 Å². The summed E-state index contributed by atoms with van der Waals surface area (Å²) in [5.74, 6) is 0.821. The van der Waals surface area contributed by atoms with E-state index in [1.807, 2.05) is 61.5 Å². The van der Waals surface area contributed by atoms with Crippen molar-refractivity contribution in [3.63, 3.8) is 0 Å². The summed E-state index contributed by atoms with van der Waals surface area (Å²) in [5.41, 5.74) is 4.03. The molecule has 1 amide bonds. The van der Waals surface area contributed by atoms with E-state index in [4.69, 9.17) is 4.52 Å². The van der Waals surface area contributed by atoms with Gasteiger partial charge in [0.2, 0.25) is 17.6 Å². The van der Waals surface area contributed by atoms with Crippen LogP contribution in [0.5, 0.6) is 0 Å². The second-order valence-electron chi connectivity index (χ2n) is 7.08. The molecule has 6 heteroatoms. The Balaban J connectivity index is 1.43. The molecule has 30 heavy (non-hydrogen) atoms. The quantitative estimate of drug-likeness (QED) is 0.503. The molecule has 0 aliphatic rings. The van der Waals surface area contributed by atoms with E-state index in [1.54, 1.807) is 12.4 Å². The van der Waals surface area contributed by atoms with Crippen molar-refractivity contribution in [2.45, 2.75) is 25.8 Å². The highest BCUT2D eigenvalue weighted by molar-refractivity contribution is 5.77. The van der Waals surface area contributed by atoms with Crippen LogP contribution in [0.1, 0.15) is 35.0 Å². The van der Waals surface area contributed by atoms with Crippen LogP contribution in [0.2, 0.25) is 0 Å². The number of hydrogen-bond donors (Lipinski definition) is 1. The summed E-state index contributed by atoms with van der Waals surface area (Å²) < 4.78 is 5.29. The van der Waals surface area contributed by atoms with Gasteiger partial charge in [0.1, 0.15) is 0 Å². The summed E-state index contributed by atoms with van der Waals surface area (Å²) in [6.45, 7) is 2.05. The molecule has 2 aromatic carbocycles. The highest BCUT2D eigenvalue weighted by Crippen LogP contribution is 2.23. The number of carbonyl (C=O) groups is 1. The highest BCUT2D eigenvalue weighted by atomic mass is 16.5. The number of benzene rings is 2. The Morgan fingerprint density at radius 3 is 2.50 bits per heavy atom. The largest absolute Gasteiger partial charge is 0.345 e. The standard InChI is InChI=1S/C24H22N4O2/c1-17-9-11-19(12-10-17)23(18-6-3-2-4-7-18)26-21(29)13-14-22-27-24(28-30-22)20-8-5-15-25-16-20/h2-12,15-16,23H,13-14H2,1H3,(H,26,29). The molecule has 0 fully saturated rings. The molecule has 4 rings (SSSR count). The summed E-state index contributed by atoms with van der Waals surface area (Å²) in [7, 11) is 0. The molecule has 150 valence electrons. The number of nitrogens with one attached hydrogen (secondary N) is 1. The number of pyridine rings is 1. The van der Waals surface area contributed by atoms with Crippen molar-refractivity contribution < 1.29 is 9.32 Å². The average Bonchev–Trinajstić information content (AvgIpc) is 3.27. The van der Waals surface area contributed by atoms with E-state index in [9.17, 15) is 4.79 Å². The first-order valence-electron chi connectivity index (χ1n) is 9.83. The number of nitrogens with zero attached hydrogens (tertiary/aromatic N) is 3. The van der Waals surface area contributed by atoms with Crippen molar-refractivity contribution in [1.82, 2.24) is 20.4 Å². The second kappa shape index (κ2) is 9.13. The maximum atomic E-state index is 12.7. The minimum Gasteiger partial charge on any atom is -0.345 e. The van der Waals surface area contributed by atoms with Crippen LogP contribution in [0.4, 0.5) is 0 Å². The van der Waals surface area contributed by atoms with Gasteiger partial charge in [0.05, 0.1) is 6.04 Å². The Kier molecular flexibility index (Phi) is 5.94. The predicted molar refractivity (Wildman–Crippen MR) is 113 cm³/mol.